The Labute approximate surface area is 123 Å². The van der Waals surface area contributed by atoms with Gasteiger partial charge in [-0.25, -0.2) is 0 Å². The van der Waals surface area contributed by atoms with Crippen molar-refractivity contribution < 1.29 is 19.5 Å². The van der Waals surface area contributed by atoms with E-state index in [0.29, 0.717) is 17.8 Å². The van der Waals surface area contributed by atoms with Crippen molar-refractivity contribution in [2.24, 2.45) is 0 Å². The van der Waals surface area contributed by atoms with Crippen molar-refractivity contribution in [2.75, 3.05) is 10.6 Å². The zero-order valence-corrected chi connectivity index (χ0v) is 12.0. The van der Waals surface area contributed by atoms with Crippen molar-refractivity contribution in [3.05, 3.63) is 24.3 Å². The molecule has 21 heavy (non-hydrogen) atoms. The number of carboxylic acid groups (broad SMARTS) is 1. The van der Waals surface area contributed by atoms with Crippen LogP contribution in [0.2, 0.25) is 0 Å². The second-order valence-corrected chi connectivity index (χ2v) is 4.70. The number of amides is 2. The van der Waals surface area contributed by atoms with Gasteiger partial charge in [0.05, 0.1) is 0 Å². The molecule has 0 aromatic heterocycles. The number of unbranched alkanes of at least 4 members (excludes halogenated alkanes) is 2. The first-order valence-electron chi connectivity index (χ1n) is 6.93. The zero-order chi connectivity index (χ0) is 15.7. The van der Waals surface area contributed by atoms with Crippen LogP contribution in [-0.4, -0.2) is 22.9 Å². The third-order valence-electron chi connectivity index (χ3n) is 2.75. The molecule has 0 saturated heterocycles. The first kappa shape index (κ1) is 16.7. The van der Waals surface area contributed by atoms with Gasteiger partial charge in [-0.2, -0.15) is 0 Å². The van der Waals surface area contributed by atoms with E-state index in [-0.39, 0.29) is 5.91 Å². The highest BCUT2D eigenvalue weighted by Gasteiger charge is 2.08. The maximum atomic E-state index is 11.7. The lowest BCUT2D eigenvalue weighted by molar-refractivity contribution is -0.139. The lowest BCUT2D eigenvalue weighted by atomic mass is 10.2. The molecule has 6 nitrogen and oxygen atoms in total. The molecule has 6 heteroatoms. The predicted molar refractivity (Wildman–Crippen MR) is 80.1 cm³/mol. The number of rotatable bonds is 8. The van der Waals surface area contributed by atoms with Crippen LogP contribution < -0.4 is 10.6 Å². The number of carbonyl (C=O) groups excluding carboxylic acids is 2. The van der Waals surface area contributed by atoms with Gasteiger partial charge in [0.15, 0.2) is 0 Å². The van der Waals surface area contributed by atoms with Gasteiger partial charge in [0.25, 0.3) is 0 Å². The molecule has 0 atom stereocenters. The smallest absolute Gasteiger partial charge is 0.312 e. The molecular weight excluding hydrogens is 272 g/mol. The molecule has 0 saturated carbocycles. The molecule has 1 rings (SSSR count). The van der Waals surface area contributed by atoms with Crippen molar-refractivity contribution in [3.8, 4) is 0 Å². The van der Waals surface area contributed by atoms with Crippen molar-refractivity contribution in [2.45, 2.75) is 39.0 Å². The molecule has 0 heterocycles. The first-order valence-corrected chi connectivity index (χ1v) is 6.93. The van der Waals surface area contributed by atoms with E-state index in [2.05, 4.69) is 17.6 Å². The number of nitrogens with one attached hydrogen (secondary N) is 2. The summed E-state index contributed by atoms with van der Waals surface area (Å²) in [6, 6.07) is 6.62. The molecule has 0 aliphatic heterocycles. The zero-order valence-electron chi connectivity index (χ0n) is 12.0. The van der Waals surface area contributed by atoms with E-state index < -0.39 is 18.3 Å². The summed E-state index contributed by atoms with van der Waals surface area (Å²) in [7, 11) is 0. The van der Waals surface area contributed by atoms with E-state index in [9.17, 15) is 14.4 Å². The summed E-state index contributed by atoms with van der Waals surface area (Å²) in [6.07, 6.45) is 2.78. The quantitative estimate of drug-likeness (QED) is 0.507. The van der Waals surface area contributed by atoms with Gasteiger partial charge >= 0.3 is 5.97 Å². The molecule has 0 aliphatic carbocycles. The fourth-order valence-electron chi connectivity index (χ4n) is 1.78. The SMILES string of the molecule is CCCCCC(=O)Nc1cccc(NC(=O)CC(=O)O)c1. The maximum absolute atomic E-state index is 11.7. The highest BCUT2D eigenvalue weighted by atomic mass is 16.4. The number of hydrogen-bond acceptors (Lipinski definition) is 3. The summed E-state index contributed by atoms with van der Waals surface area (Å²) in [5, 5.41) is 13.7. The van der Waals surface area contributed by atoms with Gasteiger partial charge in [0.1, 0.15) is 6.42 Å². The molecule has 0 unspecified atom stereocenters. The normalized spacial score (nSPS) is 9.95. The monoisotopic (exact) mass is 292 g/mol. The second-order valence-electron chi connectivity index (χ2n) is 4.70. The molecular formula is C15H20N2O4. The highest BCUT2D eigenvalue weighted by molar-refractivity contribution is 6.01. The Kier molecular flexibility index (Phi) is 6.94. The summed E-state index contributed by atoms with van der Waals surface area (Å²) in [5.74, 6) is -1.86. The Balaban J connectivity index is 2.53. The minimum atomic E-state index is -1.19. The van der Waals surface area contributed by atoms with Crippen LogP contribution in [0.4, 0.5) is 11.4 Å². The van der Waals surface area contributed by atoms with Gasteiger partial charge in [-0.15, -0.1) is 0 Å². The minimum Gasteiger partial charge on any atom is -0.481 e. The van der Waals surface area contributed by atoms with E-state index in [1.165, 1.54) is 0 Å². The number of hydrogen-bond donors (Lipinski definition) is 3. The molecule has 0 fully saturated rings. The molecule has 0 bridgehead atoms. The van der Waals surface area contributed by atoms with E-state index in [1.54, 1.807) is 24.3 Å². The van der Waals surface area contributed by atoms with Crippen LogP contribution in [0.1, 0.15) is 39.0 Å². The van der Waals surface area contributed by atoms with Crippen LogP contribution in [0.3, 0.4) is 0 Å². The van der Waals surface area contributed by atoms with Crippen molar-refractivity contribution in [1.82, 2.24) is 0 Å². The number of benzene rings is 1. The maximum Gasteiger partial charge on any atom is 0.312 e. The number of aliphatic carboxylic acids is 1. The third kappa shape index (κ3) is 7.10. The molecule has 1 aromatic rings. The Hall–Kier alpha value is -2.37. The largest absolute Gasteiger partial charge is 0.481 e. The average molecular weight is 292 g/mol. The van der Waals surface area contributed by atoms with Crippen LogP contribution in [0, 0.1) is 0 Å². The second kappa shape index (κ2) is 8.73. The number of carboxylic acids is 1. The molecule has 114 valence electrons. The van der Waals surface area contributed by atoms with Crippen LogP contribution in [0.5, 0.6) is 0 Å². The van der Waals surface area contributed by atoms with Gasteiger partial charge in [0, 0.05) is 17.8 Å². The topological polar surface area (TPSA) is 95.5 Å². The number of carbonyl (C=O) groups is 3. The van der Waals surface area contributed by atoms with E-state index in [0.717, 1.165) is 19.3 Å². The van der Waals surface area contributed by atoms with Crippen LogP contribution in [0.15, 0.2) is 24.3 Å². The molecule has 0 aliphatic rings. The summed E-state index contributed by atoms with van der Waals surface area (Å²) < 4.78 is 0. The molecule has 0 spiro atoms. The molecule has 3 N–H and O–H groups in total. The summed E-state index contributed by atoms with van der Waals surface area (Å²) in [4.78, 5) is 33.5. The standard InChI is InChI=1S/C15H20N2O4/c1-2-3-4-8-13(18)16-11-6-5-7-12(9-11)17-14(19)10-15(20)21/h5-7,9H,2-4,8,10H2,1H3,(H,16,18)(H,17,19)(H,20,21). The average Bonchev–Trinajstić information content (AvgIpc) is 2.38. The lowest BCUT2D eigenvalue weighted by Gasteiger charge is -2.08. The van der Waals surface area contributed by atoms with Crippen molar-refractivity contribution in [3.63, 3.8) is 0 Å². The van der Waals surface area contributed by atoms with Gasteiger partial charge < -0.3 is 15.7 Å². The first-order chi connectivity index (χ1) is 10.0. The lowest BCUT2D eigenvalue weighted by Crippen LogP contribution is -2.16. The van der Waals surface area contributed by atoms with Crippen LogP contribution in [-0.2, 0) is 14.4 Å². The van der Waals surface area contributed by atoms with Gasteiger partial charge in [-0.1, -0.05) is 25.8 Å². The third-order valence-corrected chi connectivity index (χ3v) is 2.75. The Morgan fingerprint density at radius 1 is 1.05 bits per heavy atom. The van der Waals surface area contributed by atoms with Crippen molar-refractivity contribution >= 4 is 29.2 Å². The van der Waals surface area contributed by atoms with Gasteiger partial charge in [-0.3, -0.25) is 14.4 Å². The fraction of sp³-hybridized carbons (Fsp3) is 0.400. The summed E-state index contributed by atoms with van der Waals surface area (Å²) in [6.45, 7) is 2.07. The van der Waals surface area contributed by atoms with E-state index in [4.69, 9.17) is 5.11 Å². The fourth-order valence-corrected chi connectivity index (χ4v) is 1.78. The van der Waals surface area contributed by atoms with Crippen LogP contribution >= 0.6 is 0 Å². The Morgan fingerprint density at radius 2 is 1.67 bits per heavy atom. The molecule has 2 amide bonds. The van der Waals surface area contributed by atoms with Crippen molar-refractivity contribution in [1.29, 1.82) is 0 Å². The number of anilines is 2. The Morgan fingerprint density at radius 3 is 2.24 bits per heavy atom. The van der Waals surface area contributed by atoms with E-state index >= 15 is 0 Å². The Bertz CT molecular complexity index is 514. The summed E-state index contributed by atoms with van der Waals surface area (Å²) >= 11 is 0. The van der Waals surface area contributed by atoms with Gasteiger partial charge in [-0.05, 0) is 24.6 Å². The summed E-state index contributed by atoms with van der Waals surface area (Å²) in [5.41, 5.74) is 1.03. The van der Waals surface area contributed by atoms with Gasteiger partial charge in [0.2, 0.25) is 11.8 Å². The van der Waals surface area contributed by atoms with Crippen LogP contribution in [0.25, 0.3) is 0 Å². The molecule has 1 aromatic carbocycles. The van der Waals surface area contributed by atoms with E-state index in [1.807, 2.05) is 0 Å². The highest BCUT2D eigenvalue weighted by Crippen LogP contribution is 2.16. The minimum absolute atomic E-state index is 0.0718. The predicted octanol–water partition coefficient (Wildman–Crippen LogP) is 2.62. The molecule has 0 radical (unpaired) electrons.